The monoisotopic (exact) mass is 357 g/mol. The number of aliphatic imine (C=N–C) groups is 1. The second-order valence-electron chi connectivity index (χ2n) is 4.67. The third-order valence-electron chi connectivity index (χ3n) is 3.07. The minimum atomic E-state index is 0. The van der Waals surface area contributed by atoms with Crippen molar-refractivity contribution in [2.45, 2.75) is 19.3 Å². The number of methoxy groups -OCH3 is 1. The van der Waals surface area contributed by atoms with Gasteiger partial charge in [0.25, 0.3) is 0 Å². The van der Waals surface area contributed by atoms with Gasteiger partial charge >= 0.3 is 0 Å². The Labute approximate surface area is 136 Å². The van der Waals surface area contributed by atoms with Crippen LogP contribution in [0, 0.1) is 0 Å². The molecule has 2 N–H and O–H groups in total. The number of hydrogen-bond acceptors (Lipinski definition) is 5. The molecule has 1 heterocycles. The molecule has 5 nitrogen and oxygen atoms in total. The summed E-state index contributed by atoms with van der Waals surface area (Å²) in [4.78, 5) is 4.44. The van der Waals surface area contributed by atoms with Gasteiger partial charge in [-0.15, -0.1) is 17.0 Å². The van der Waals surface area contributed by atoms with Gasteiger partial charge < -0.3 is 20.1 Å². The molecule has 0 amide bonds. The molecule has 0 fully saturated rings. The van der Waals surface area contributed by atoms with Crippen LogP contribution in [0.15, 0.2) is 29.3 Å². The topological polar surface area (TPSA) is 54.9 Å². The molecule has 2 rings (SSSR count). The Hall–Kier alpha value is -1.43. The van der Waals surface area contributed by atoms with Gasteiger partial charge in [-0.25, -0.2) is 0 Å². The van der Waals surface area contributed by atoms with Gasteiger partial charge in [0.15, 0.2) is 5.96 Å². The summed E-state index contributed by atoms with van der Waals surface area (Å²) in [7, 11) is 1.66. The van der Waals surface area contributed by atoms with Crippen LogP contribution in [-0.4, -0.2) is 39.3 Å². The van der Waals surface area contributed by atoms with Crippen molar-refractivity contribution in [1.82, 2.24) is 10.6 Å². The summed E-state index contributed by atoms with van der Waals surface area (Å²) in [5.74, 6) is 2.58. The van der Waals surface area contributed by atoms with Gasteiger partial charge in [-0.1, -0.05) is 6.07 Å². The van der Waals surface area contributed by atoms with Gasteiger partial charge in [0, 0.05) is 25.7 Å². The first-order valence-corrected chi connectivity index (χ1v) is 7.17. The lowest BCUT2D eigenvalue weighted by Crippen LogP contribution is -2.37. The smallest absolute Gasteiger partial charge is 0.191 e. The van der Waals surface area contributed by atoms with Crippen LogP contribution < -0.4 is 20.1 Å². The van der Waals surface area contributed by atoms with E-state index in [1.807, 2.05) is 24.3 Å². The van der Waals surface area contributed by atoms with Crippen molar-refractivity contribution in [3.8, 4) is 11.5 Å². The molecule has 0 unspecified atom stereocenters. The lowest BCUT2D eigenvalue weighted by Gasteiger charge is -2.11. The van der Waals surface area contributed by atoms with Gasteiger partial charge in [0.2, 0.25) is 0 Å². The third-order valence-corrected chi connectivity index (χ3v) is 3.07. The molecule has 1 aliphatic rings. The highest BCUT2D eigenvalue weighted by molar-refractivity contribution is 8.93. The Morgan fingerprint density at radius 2 is 2.14 bits per heavy atom. The van der Waals surface area contributed by atoms with Gasteiger partial charge in [-0.2, -0.15) is 0 Å². The molecule has 0 saturated heterocycles. The van der Waals surface area contributed by atoms with E-state index in [1.54, 1.807) is 7.11 Å². The average Bonchev–Trinajstić information content (AvgIpc) is 2.76. The molecular weight excluding hydrogens is 334 g/mol. The molecule has 0 saturated carbocycles. The van der Waals surface area contributed by atoms with Crippen molar-refractivity contribution >= 4 is 22.9 Å². The van der Waals surface area contributed by atoms with E-state index in [0.29, 0.717) is 6.61 Å². The van der Waals surface area contributed by atoms with E-state index in [0.717, 1.165) is 49.9 Å². The summed E-state index contributed by atoms with van der Waals surface area (Å²) in [6, 6.07) is 7.66. The number of hydrogen-bond donors (Lipinski definition) is 2. The predicted octanol–water partition coefficient (Wildman–Crippen LogP) is 2.37. The molecular formula is C15H24BrN3O2. The molecule has 0 bridgehead atoms. The Morgan fingerprint density at radius 3 is 3.00 bits per heavy atom. The van der Waals surface area contributed by atoms with Crippen molar-refractivity contribution in [3.63, 3.8) is 0 Å². The zero-order valence-corrected chi connectivity index (χ0v) is 14.1. The summed E-state index contributed by atoms with van der Waals surface area (Å²) in [6.45, 7) is 3.45. The van der Waals surface area contributed by atoms with Gasteiger partial charge in [-0.05, 0) is 31.4 Å². The fraction of sp³-hybridized carbons (Fsp3) is 0.533. The molecule has 1 aromatic rings. The second-order valence-corrected chi connectivity index (χ2v) is 4.67. The molecule has 6 heteroatoms. The normalized spacial score (nSPS) is 14.0. The molecule has 118 valence electrons. The van der Waals surface area contributed by atoms with E-state index in [9.17, 15) is 0 Å². The van der Waals surface area contributed by atoms with E-state index in [1.165, 1.54) is 6.42 Å². The van der Waals surface area contributed by atoms with E-state index >= 15 is 0 Å². The number of rotatable bonds is 6. The van der Waals surface area contributed by atoms with Crippen LogP contribution in [0.3, 0.4) is 0 Å². The van der Waals surface area contributed by atoms with Crippen molar-refractivity contribution in [2.75, 3.05) is 33.4 Å². The maximum absolute atomic E-state index is 5.68. The molecule has 1 aliphatic heterocycles. The van der Waals surface area contributed by atoms with Gasteiger partial charge in [0.1, 0.15) is 11.5 Å². The predicted molar refractivity (Wildman–Crippen MR) is 91.0 cm³/mol. The zero-order chi connectivity index (χ0) is 14.0. The fourth-order valence-electron chi connectivity index (χ4n) is 1.97. The van der Waals surface area contributed by atoms with Crippen LogP contribution in [0.5, 0.6) is 11.5 Å². The first kappa shape index (κ1) is 17.6. The lowest BCUT2D eigenvalue weighted by molar-refractivity contribution is 0.308. The van der Waals surface area contributed by atoms with Crippen LogP contribution >= 0.6 is 17.0 Å². The number of halogens is 1. The molecule has 0 aliphatic carbocycles. The largest absolute Gasteiger partial charge is 0.497 e. The SMILES string of the molecule is Br.COc1cccc(OCCCNC2=NCCCCN2)c1. The van der Waals surface area contributed by atoms with E-state index in [2.05, 4.69) is 15.6 Å². The van der Waals surface area contributed by atoms with Crippen molar-refractivity contribution in [3.05, 3.63) is 24.3 Å². The Kier molecular flexibility index (Phi) is 8.66. The van der Waals surface area contributed by atoms with Crippen LogP contribution in [0.25, 0.3) is 0 Å². The van der Waals surface area contributed by atoms with Crippen LogP contribution in [-0.2, 0) is 0 Å². The Morgan fingerprint density at radius 1 is 1.29 bits per heavy atom. The number of nitrogens with one attached hydrogen (secondary N) is 2. The van der Waals surface area contributed by atoms with Crippen molar-refractivity contribution in [1.29, 1.82) is 0 Å². The third kappa shape index (κ3) is 6.71. The molecule has 1 aromatic carbocycles. The summed E-state index contributed by atoms with van der Waals surface area (Å²) >= 11 is 0. The minimum absolute atomic E-state index is 0. The number of nitrogens with zero attached hydrogens (tertiary/aromatic N) is 1. The molecule has 0 radical (unpaired) electrons. The van der Waals surface area contributed by atoms with Crippen LogP contribution in [0.2, 0.25) is 0 Å². The van der Waals surface area contributed by atoms with E-state index < -0.39 is 0 Å². The molecule has 0 aromatic heterocycles. The highest BCUT2D eigenvalue weighted by atomic mass is 79.9. The van der Waals surface area contributed by atoms with Crippen molar-refractivity contribution in [2.24, 2.45) is 4.99 Å². The maximum atomic E-state index is 5.68. The first-order valence-electron chi connectivity index (χ1n) is 7.17. The fourth-order valence-corrected chi connectivity index (χ4v) is 1.97. The van der Waals surface area contributed by atoms with Gasteiger partial charge in [0.05, 0.1) is 13.7 Å². The van der Waals surface area contributed by atoms with E-state index in [4.69, 9.17) is 9.47 Å². The molecule has 21 heavy (non-hydrogen) atoms. The minimum Gasteiger partial charge on any atom is -0.497 e. The molecule has 0 spiro atoms. The number of benzene rings is 1. The quantitative estimate of drug-likeness (QED) is 0.767. The Bertz CT molecular complexity index is 441. The second kappa shape index (κ2) is 10.3. The number of ether oxygens (including phenoxy) is 2. The average molecular weight is 358 g/mol. The van der Waals surface area contributed by atoms with Crippen LogP contribution in [0.1, 0.15) is 19.3 Å². The summed E-state index contributed by atoms with van der Waals surface area (Å²) in [5, 5.41) is 6.59. The summed E-state index contributed by atoms with van der Waals surface area (Å²) in [5.41, 5.74) is 0. The summed E-state index contributed by atoms with van der Waals surface area (Å²) in [6.07, 6.45) is 3.28. The first-order chi connectivity index (χ1) is 9.88. The Balaban J connectivity index is 0.00000220. The maximum Gasteiger partial charge on any atom is 0.191 e. The highest BCUT2D eigenvalue weighted by Gasteiger charge is 2.02. The van der Waals surface area contributed by atoms with Crippen molar-refractivity contribution < 1.29 is 9.47 Å². The lowest BCUT2D eigenvalue weighted by atomic mass is 10.3. The van der Waals surface area contributed by atoms with Crippen LogP contribution in [0.4, 0.5) is 0 Å². The highest BCUT2D eigenvalue weighted by Crippen LogP contribution is 2.18. The number of guanidine groups is 1. The molecule has 0 atom stereocenters. The van der Waals surface area contributed by atoms with Gasteiger partial charge in [-0.3, -0.25) is 4.99 Å². The standard InChI is InChI=1S/C15H23N3O2.BrH/c1-19-13-6-4-7-14(12-13)20-11-5-10-18-15-16-8-2-3-9-17-15;/h4,6-7,12H,2-3,5,8-11H2,1H3,(H2,16,17,18);1H. The summed E-state index contributed by atoms with van der Waals surface area (Å²) < 4.78 is 10.8. The van der Waals surface area contributed by atoms with E-state index in [-0.39, 0.29) is 17.0 Å². The zero-order valence-electron chi connectivity index (χ0n) is 12.4.